The highest BCUT2D eigenvalue weighted by Gasteiger charge is 2.52. The highest BCUT2D eigenvalue weighted by molar-refractivity contribution is 5.87. The van der Waals surface area contributed by atoms with Gasteiger partial charge in [-0.05, 0) is 37.0 Å². The fourth-order valence-corrected chi connectivity index (χ4v) is 4.33. The Morgan fingerprint density at radius 2 is 2.16 bits per heavy atom. The summed E-state index contributed by atoms with van der Waals surface area (Å²) in [5, 5.41) is 0. The third-order valence-electron chi connectivity index (χ3n) is 5.81. The van der Waals surface area contributed by atoms with Gasteiger partial charge in [0.15, 0.2) is 0 Å². The van der Waals surface area contributed by atoms with E-state index >= 15 is 0 Å². The summed E-state index contributed by atoms with van der Waals surface area (Å²) in [4.78, 5) is 29.2. The second-order valence-corrected chi connectivity index (χ2v) is 7.46. The fourth-order valence-electron chi connectivity index (χ4n) is 4.33. The van der Waals surface area contributed by atoms with E-state index in [9.17, 15) is 14.0 Å². The Kier molecular flexibility index (Phi) is 4.23. The first kappa shape index (κ1) is 16.5. The number of amides is 2. The average molecular weight is 346 g/mol. The van der Waals surface area contributed by atoms with E-state index in [-0.39, 0.29) is 23.5 Å². The molecule has 3 aliphatic heterocycles. The molecule has 0 unspecified atom stereocenters. The number of nitrogens with zero attached hydrogens (tertiary/aromatic N) is 2. The van der Waals surface area contributed by atoms with Crippen molar-refractivity contribution in [3.05, 3.63) is 35.6 Å². The molecular weight excluding hydrogens is 323 g/mol. The van der Waals surface area contributed by atoms with Crippen molar-refractivity contribution in [2.45, 2.75) is 25.8 Å². The molecule has 0 saturated carbocycles. The fraction of sp³-hybridized carbons (Fsp3) is 0.579. The molecule has 25 heavy (non-hydrogen) atoms. The number of carbonyl (C=O) groups is 2. The highest BCUT2D eigenvalue weighted by Crippen LogP contribution is 2.41. The molecule has 1 aromatic carbocycles. The smallest absolute Gasteiger partial charge is 0.231 e. The van der Waals surface area contributed by atoms with Gasteiger partial charge in [-0.15, -0.1) is 0 Å². The van der Waals surface area contributed by atoms with Gasteiger partial charge in [0.1, 0.15) is 5.82 Å². The molecule has 2 amide bonds. The Labute approximate surface area is 146 Å². The lowest BCUT2D eigenvalue weighted by Crippen LogP contribution is -2.40. The number of carbonyl (C=O) groups excluding carboxylic acids is 2. The van der Waals surface area contributed by atoms with E-state index in [1.54, 1.807) is 11.0 Å². The Morgan fingerprint density at radius 1 is 1.32 bits per heavy atom. The van der Waals surface area contributed by atoms with Crippen LogP contribution in [0.5, 0.6) is 0 Å². The van der Waals surface area contributed by atoms with Crippen LogP contribution in [-0.4, -0.2) is 54.5 Å². The number of ether oxygens (including phenoxy) is 1. The molecule has 4 rings (SSSR count). The minimum absolute atomic E-state index is 0.0462. The largest absolute Gasteiger partial charge is 0.381 e. The van der Waals surface area contributed by atoms with E-state index in [4.69, 9.17) is 4.74 Å². The van der Waals surface area contributed by atoms with Crippen LogP contribution in [0, 0.1) is 17.2 Å². The van der Waals surface area contributed by atoms with Crippen LogP contribution < -0.4 is 0 Å². The normalized spacial score (nSPS) is 29.2. The maximum absolute atomic E-state index is 13.4. The summed E-state index contributed by atoms with van der Waals surface area (Å²) in [7, 11) is 0. The van der Waals surface area contributed by atoms with Gasteiger partial charge in [-0.1, -0.05) is 12.1 Å². The molecule has 3 aliphatic rings. The molecule has 6 heteroatoms. The van der Waals surface area contributed by atoms with Crippen molar-refractivity contribution in [1.82, 2.24) is 9.80 Å². The predicted octanol–water partition coefficient (Wildman–Crippen LogP) is 1.81. The zero-order valence-electron chi connectivity index (χ0n) is 14.2. The van der Waals surface area contributed by atoms with Gasteiger partial charge in [-0.3, -0.25) is 9.59 Å². The number of benzene rings is 1. The van der Waals surface area contributed by atoms with Gasteiger partial charge in [0.25, 0.3) is 0 Å². The molecule has 3 saturated heterocycles. The Morgan fingerprint density at radius 3 is 2.92 bits per heavy atom. The lowest BCUT2D eigenvalue weighted by molar-refractivity contribution is -0.138. The van der Waals surface area contributed by atoms with Gasteiger partial charge in [-0.25, -0.2) is 4.39 Å². The highest BCUT2D eigenvalue weighted by atomic mass is 19.1. The third-order valence-corrected chi connectivity index (χ3v) is 5.81. The van der Waals surface area contributed by atoms with E-state index in [1.807, 2.05) is 11.0 Å². The molecule has 1 aromatic rings. The van der Waals surface area contributed by atoms with E-state index in [0.29, 0.717) is 39.4 Å². The summed E-state index contributed by atoms with van der Waals surface area (Å²) in [6.07, 6.45) is 2.28. The Bertz CT molecular complexity index is 689. The minimum atomic E-state index is -0.442. The van der Waals surface area contributed by atoms with Crippen molar-refractivity contribution in [2.75, 3.05) is 32.8 Å². The first-order valence-corrected chi connectivity index (χ1v) is 8.98. The number of likely N-dealkylation sites (tertiary alicyclic amines) is 2. The second kappa shape index (κ2) is 6.41. The summed E-state index contributed by atoms with van der Waals surface area (Å²) in [5.41, 5.74) is 0.363. The van der Waals surface area contributed by atoms with Crippen LogP contribution in [0.25, 0.3) is 0 Å². The van der Waals surface area contributed by atoms with Gasteiger partial charge in [0.05, 0.1) is 17.9 Å². The topological polar surface area (TPSA) is 49.9 Å². The zero-order chi connectivity index (χ0) is 17.4. The van der Waals surface area contributed by atoms with Crippen LogP contribution in [0.1, 0.15) is 24.8 Å². The van der Waals surface area contributed by atoms with Crippen molar-refractivity contribution in [2.24, 2.45) is 11.3 Å². The Hall–Kier alpha value is -1.95. The van der Waals surface area contributed by atoms with Crippen LogP contribution in [0.3, 0.4) is 0 Å². The van der Waals surface area contributed by atoms with Gasteiger partial charge in [-0.2, -0.15) is 0 Å². The lowest BCUT2D eigenvalue weighted by atomic mass is 9.85. The average Bonchev–Trinajstić information content (AvgIpc) is 3.33. The number of halogens is 1. The van der Waals surface area contributed by atoms with E-state index in [0.717, 1.165) is 24.8 Å². The quantitative estimate of drug-likeness (QED) is 0.839. The predicted molar refractivity (Wildman–Crippen MR) is 89.0 cm³/mol. The standard InChI is InChI=1S/C19H23FN2O3/c20-16-3-1-2-14(10-16)11-21-7-5-19(18(21)24)6-8-22(13-19)17(23)15-4-9-25-12-15/h1-3,10,15H,4-9,11-13H2/t15-,19+/m0/s1. The molecule has 3 heterocycles. The molecule has 0 radical (unpaired) electrons. The molecular formula is C19H23FN2O3. The van der Waals surface area contributed by atoms with Crippen molar-refractivity contribution < 1.29 is 18.7 Å². The molecule has 1 spiro atoms. The molecule has 3 fully saturated rings. The summed E-state index contributed by atoms with van der Waals surface area (Å²) < 4.78 is 18.7. The minimum Gasteiger partial charge on any atom is -0.381 e. The first-order chi connectivity index (χ1) is 12.1. The van der Waals surface area contributed by atoms with Crippen molar-refractivity contribution in [3.8, 4) is 0 Å². The maximum Gasteiger partial charge on any atom is 0.231 e. The van der Waals surface area contributed by atoms with Crippen LogP contribution in [0.2, 0.25) is 0 Å². The second-order valence-electron chi connectivity index (χ2n) is 7.46. The molecule has 0 bridgehead atoms. The number of hydrogen-bond acceptors (Lipinski definition) is 3. The molecule has 134 valence electrons. The van der Waals surface area contributed by atoms with Crippen LogP contribution in [0.15, 0.2) is 24.3 Å². The molecule has 5 nitrogen and oxygen atoms in total. The summed E-state index contributed by atoms with van der Waals surface area (Å²) in [6, 6.07) is 6.39. The summed E-state index contributed by atoms with van der Waals surface area (Å²) in [5.74, 6) is -0.0918. The van der Waals surface area contributed by atoms with Gasteiger partial charge >= 0.3 is 0 Å². The van der Waals surface area contributed by atoms with Gasteiger partial charge in [0.2, 0.25) is 11.8 Å². The van der Waals surface area contributed by atoms with Gasteiger partial charge < -0.3 is 14.5 Å². The van der Waals surface area contributed by atoms with Gasteiger partial charge in [0, 0.05) is 32.8 Å². The SMILES string of the molecule is O=C([C@H]1CCOC1)N1CC[C@]2(CCN(Cc3cccc(F)c3)C2=O)C1. The van der Waals surface area contributed by atoms with Crippen LogP contribution >= 0.6 is 0 Å². The third kappa shape index (κ3) is 3.03. The van der Waals surface area contributed by atoms with Crippen molar-refractivity contribution in [1.29, 1.82) is 0 Å². The van der Waals surface area contributed by atoms with Crippen LogP contribution in [0.4, 0.5) is 4.39 Å². The van der Waals surface area contributed by atoms with Crippen molar-refractivity contribution >= 4 is 11.8 Å². The molecule has 0 aromatic heterocycles. The van der Waals surface area contributed by atoms with Crippen LogP contribution in [-0.2, 0) is 20.9 Å². The Balaban J connectivity index is 1.42. The van der Waals surface area contributed by atoms with E-state index in [2.05, 4.69) is 0 Å². The molecule has 2 atom stereocenters. The van der Waals surface area contributed by atoms with E-state index < -0.39 is 5.41 Å². The maximum atomic E-state index is 13.4. The number of hydrogen-bond donors (Lipinski definition) is 0. The van der Waals surface area contributed by atoms with Crippen molar-refractivity contribution in [3.63, 3.8) is 0 Å². The molecule has 0 aliphatic carbocycles. The lowest BCUT2D eigenvalue weighted by Gasteiger charge is -2.25. The first-order valence-electron chi connectivity index (χ1n) is 8.98. The molecule has 0 N–H and O–H groups in total. The monoisotopic (exact) mass is 346 g/mol. The number of rotatable bonds is 3. The zero-order valence-corrected chi connectivity index (χ0v) is 14.2. The summed E-state index contributed by atoms with van der Waals surface area (Å²) in [6.45, 7) is 3.42. The van der Waals surface area contributed by atoms with E-state index in [1.165, 1.54) is 12.1 Å². The summed E-state index contributed by atoms with van der Waals surface area (Å²) >= 11 is 0.